The second-order valence-electron chi connectivity index (χ2n) is 4.89. The van der Waals surface area contributed by atoms with Crippen LogP contribution < -0.4 is 0 Å². The van der Waals surface area contributed by atoms with Gasteiger partial charge in [0.2, 0.25) is 0 Å². The van der Waals surface area contributed by atoms with Gasteiger partial charge in [-0.25, -0.2) is 4.39 Å². The van der Waals surface area contributed by atoms with Gasteiger partial charge in [0.05, 0.1) is 11.4 Å². The first-order valence-corrected chi connectivity index (χ1v) is 5.76. The van der Waals surface area contributed by atoms with Gasteiger partial charge in [0.25, 0.3) is 0 Å². The number of piperidine rings is 1. The van der Waals surface area contributed by atoms with Crippen molar-refractivity contribution in [2.75, 3.05) is 13.1 Å². The summed E-state index contributed by atoms with van der Waals surface area (Å²) in [5, 5.41) is 8.12. The van der Waals surface area contributed by atoms with E-state index in [4.69, 9.17) is 0 Å². The first-order valence-electron chi connectivity index (χ1n) is 5.76. The highest BCUT2D eigenvalue weighted by Crippen LogP contribution is 2.25. The summed E-state index contributed by atoms with van der Waals surface area (Å²) in [6.07, 6.45) is 1.59. The molecule has 4 heteroatoms. The number of likely N-dealkylation sites (tertiary alicyclic amines) is 1. The fourth-order valence-electron chi connectivity index (χ4n) is 2.17. The number of halogens is 1. The second-order valence-corrected chi connectivity index (χ2v) is 4.89. The molecule has 3 nitrogen and oxygen atoms in total. The molecule has 1 aromatic rings. The lowest BCUT2D eigenvalue weighted by molar-refractivity contribution is 0.0555. The molecular weight excluding hydrogens is 205 g/mol. The predicted octanol–water partition coefficient (Wildman–Crippen LogP) is 2.11. The van der Waals surface area contributed by atoms with Crippen LogP contribution >= 0.6 is 0 Å². The van der Waals surface area contributed by atoms with Gasteiger partial charge in [-0.15, -0.1) is 0 Å². The van der Waals surface area contributed by atoms with Crippen molar-refractivity contribution in [3.63, 3.8) is 0 Å². The third-order valence-corrected chi connectivity index (χ3v) is 2.96. The number of aryl methyl sites for hydroxylation is 1. The minimum atomic E-state index is -1.05. The van der Waals surface area contributed by atoms with E-state index in [0.717, 1.165) is 24.4 Å². The molecule has 2 heterocycles. The molecule has 0 amide bonds. The van der Waals surface area contributed by atoms with Crippen molar-refractivity contribution < 1.29 is 4.39 Å². The summed E-state index contributed by atoms with van der Waals surface area (Å²) in [4.78, 5) is 2.11. The third-order valence-electron chi connectivity index (χ3n) is 2.96. The molecule has 1 atom stereocenters. The highest BCUT2D eigenvalue weighted by atomic mass is 19.1. The lowest BCUT2D eigenvalue weighted by Gasteiger charge is -2.34. The van der Waals surface area contributed by atoms with E-state index in [9.17, 15) is 4.39 Å². The van der Waals surface area contributed by atoms with E-state index >= 15 is 0 Å². The van der Waals surface area contributed by atoms with Gasteiger partial charge >= 0.3 is 0 Å². The van der Waals surface area contributed by atoms with E-state index in [1.54, 1.807) is 6.92 Å². The molecule has 16 heavy (non-hydrogen) atoms. The highest BCUT2D eigenvalue weighted by Gasteiger charge is 2.30. The standard InChI is InChI=1S/C12H18FN3/c1-10-4-5-11(15-14-10)8-16-7-3-6-12(2,13)9-16/h4-5H,3,6-9H2,1-2H3. The average molecular weight is 223 g/mol. The van der Waals surface area contributed by atoms with Crippen LogP contribution in [-0.4, -0.2) is 33.9 Å². The Balaban J connectivity index is 1.97. The fourth-order valence-corrected chi connectivity index (χ4v) is 2.17. The van der Waals surface area contributed by atoms with E-state index in [2.05, 4.69) is 15.1 Å². The number of hydrogen-bond donors (Lipinski definition) is 0. The maximum absolute atomic E-state index is 13.8. The third kappa shape index (κ3) is 2.98. The molecule has 1 saturated heterocycles. The maximum Gasteiger partial charge on any atom is 0.120 e. The van der Waals surface area contributed by atoms with Crippen molar-refractivity contribution in [1.82, 2.24) is 15.1 Å². The SMILES string of the molecule is Cc1ccc(CN2CCCC(C)(F)C2)nn1. The van der Waals surface area contributed by atoms with Crippen LogP contribution in [0.1, 0.15) is 31.2 Å². The quantitative estimate of drug-likeness (QED) is 0.769. The van der Waals surface area contributed by atoms with E-state index in [1.165, 1.54) is 0 Å². The van der Waals surface area contributed by atoms with Gasteiger partial charge in [-0.05, 0) is 45.4 Å². The molecule has 0 bridgehead atoms. The van der Waals surface area contributed by atoms with Crippen molar-refractivity contribution in [3.8, 4) is 0 Å². The number of aromatic nitrogens is 2. The summed E-state index contributed by atoms with van der Waals surface area (Å²) >= 11 is 0. The molecular formula is C12H18FN3. The van der Waals surface area contributed by atoms with Crippen molar-refractivity contribution in [1.29, 1.82) is 0 Å². The monoisotopic (exact) mass is 223 g/mol. The molecule has 2 rings (SSSR count). The first-order chi connectivity index (χ1) is 7.55. The Kier molecular flexibility index (Phi) is 3.19. The van der Waals surface area contributed by atoms with Gasteiger partial charge in [-0.2, -0.15) is 10.2 Å². The van der Waals surface area contributed by atoms with Gasteiger partial charge in [0.1, 0.15) is 5.67 Å². The molecule has 1 aliphatic rings. The summed E-state index contributed by atoms with van der Waals surface area (Å²) in [6, 6.07) is 3.91. The summed E-state index contributed by atoms with van der Waals surface area (Å²) in [5.74, 6) is 0. The van der Waals surface area contributed by atoms with Crippen molar-refractivity contribution in [2.24, 2.45) is 0 Å². The maximum atomic E-state index is 13.8. The van der Waals surface area contributed by atoms with E-state index < -0.39 is 5.67 Å². The number of alkyl halides is 1. The molecule has 1 unspecified atom stereocenters. The van der Waals surface area contributed by atoms with E-state index in [-0.39, 0.29) is 0 Å². The van der Waals surface area contributed by atoms with Crippen LogP contribution in [0.4, 0.5) is 4.39 Å². The summed E-state index contributed by atoms with van der Waals surface area (Å²) in [6.45, 7) is 5.75. The Hall–Kier alpha value is -1.03. The molecule has 0 aliphatic carbocycles. The average Bonchev–Trinajstić information content (AvgIpc) is 2.20. The van der Waals surface area contributed by atoms with Crippen LogP contribution in [0.5, 0.6) is 0 Å². The molecule has 0 aromatic carbocycles. The van der Waals surface area contributed by atoms with Gasteiger partial charge in [-0.1, -0.05) is 0 Å². The lowest BCUT2D eigenvalue weighted by Crippen LogP contribution is -2.42. The smallest absolute Gasteiger partial charge is 0.120 e. The Morgan fingerprint density at radius 3 is 2.88 bits per heavy atom. The van der Waals surface area contributed by atoms with Crippen molar-refractivity contribution >= 4 is 0 Å². The predicted molar refractivity (Wildman–Crippen MR) is 60.8 cm³/mol. The summed E-state index contributed by atoms with van der Waals surface area (Å²) in [7, 11) is 0. The Labute approximate surface area is 95.7 Å². The van der Waals surface area contributed by atoms with Gasteiger partial charge in [-0.3, -0.25) is 4.90 Å². The molecule has 0 saturated carbocycles. The van der Waals surface area contributed by atoms with Crippen molar-refractivity contribution in [3.05, 3.63) is 23.5 Å². The fraction of sp³-hybridized carbons (Fsp3) is 0.667. The van der Waals surface area contributed by atoms with Crippen LogP contribution in [-0.2, 0) is 6.54 Å². The summed E-state index contributed by atoms with van der Waals surface area (Å²) < 4.78 is 13.8. The van der Waals surface area contributed by atoms with Crippen LogP contribution in [0, 0.1) is 6.92 Å². The van der Waals surface area contributed by atoms with Gasteiger partial charge in [0.15, 0.2) is 0 Å². The number of rotatable bonds is 2. The minimum Gasteiger partial charge on any atom is -0.294 e. The molecule has 0 radical (unpaired) electrons. The molecule has 0 N–H and O–H groups in total. The van der Waals surface area contributed by atoms with Crippen molar-refractivity contribution in [2.45, 2.75) is 38.9 Å². The second kappa shape index (κ2) is 4.45. The normalized spacial score (nSPS) is 26.9. The van der Waals surface area contributed by atoms with Crippen LogP contribution in [0.2, 0.25) is 0 Å². The van der Waals surface area contributed by atoms with Crippen LogP contribution in [0.3, 0.4) is 0 Å². The largest absolute Gasteiger partial charge is 0.294 e. The first kappa shape index (κ1) is 11.5. The Bertz CT molecular complexity index is 348. The zero-order chi connectivity index (χ0) is 11.6. The molecule has 1 aromatic heterocycles. The van der Waals surface area contributed by atoms with Gasteiger partial charge < -0.3 is 0 Å². The zero-order valence-corrected chi connectivity index (χ0v) is 9.91. The van der Waals surface area contributed by atoms with Crippen LogP contribution in [0.15, 0.2) is 12.1 Å². The van der Waals surface area contributed by atoms with E-state index in [0.29, 0.717) is 19.5 Å². The number of hydrogen-bond acceptors (Lipinski definition) is 3. The molecule has 1 aliphatic heterocycles. The Morgan fingerprint density at radius 2 is 2.25 bits per heavy atom. The summed E-state index contributed by atoms with van der Waals surface area (Å²) in [5.41, 5.74) is 0.789. The Morgan fingerprint density at radius 1 is 1.44 bits per heavy atom. The van der Waals surface area contributed by atoms with Crippen LogP contribution in [0.25, 0.3) is 0 Å². The molecule has 88 valence electrons. The zero-order valence-electron chi connectivity index (χ0n) is 9.91. The topological polar surface area (TPSA) is 29.0 Å². The van der Waals surface area contributed by atoms with Gasteiger partial charge in [0, 0.05) is 13.1 Å². The number of nitrogens with zero attached hydrogens (tertiary/aromatic N) is 3. The highest BCUT2D eigenvalue weighted by molar-refractivity contribution is 5.05. The lowest BCUT2D eigenvalue weighted by atomic mass is 9.97. The molecule has 1 fully saturated rings. The van der Waals surface area contributed by atoms with E-state index in [1.807, 2.05) is 19.1 Å². The molecule has 0 spiro atoms. The minimum absolute atomic E-state index is 0.503.